The molecule has 0 heterocycles. The van der Waals surface area contributed by atoms with Crippen LogP contribution in [-0.2, 0) is 9.94 Å². The normalized spacial score (nSPS) is 14.0. The summed E-state index contributed by atoms with van der Waals surface area (Å²) < 4.78 is 12.0. The Labute approximate surface area is 163 Å². The highest BCUT2D eigenvalue weighted by Gasteiger charge is 2.28. The van der Waals surface area contributed by atoms with Gasteiger partial charge in [0.05, 0.1) is 6.21 Å². The fraction of sp³-hybridized carbons (Fsp3) is 0.667. The van der Waals surface area contributed by atoms with Crippen molar-refractivity contribution in [3.8, 4) is 5.75 Å². The van der Waals surface area contributed by atoms with Gasteiger partial charge < -0.3 is 8.95 Å². The minimum Gasteiger partial charge on any atom is -0.544 e. The van der Waals surface area contributed by atoms with E-state index in [1.807, 2.05) is 6.21 Å². The van der Waals surface area contributed by atoms with Crippen LogP contribution in [0.15, 0.2) is 23.4 Å². The van der Waals surface area contributed by atoms with Gasteiger partial charge in [0.2, 0.25) is 8.32 Å². The summed E-state index contributed by atoms with van der Waals surface area (Å²) in [5.74, 6) is 0.905. The summed E-state index contributed by atoms with van der Waals surface area (Å²) in [4.78, 5) is 0. The first-order chi connectivity index (χ1) is 11.5. The Kier molecular flexibility index (Phi) is 6.97. The molecule has 1 rings (SSSR count). The molecule has 0 N–H and O–H groups in total. The van der Waals surface area contributed by atoms with E-state index in [-0.39, 0.29) is 10.8 Å². The minimum absolute atomic E-state index is 0.0815. The number of hydrogen-bond acceptors (Lipinski definition) is 3. The molecule has 148 valence electrons. The van der Waals surface area contributed by atoms with Gasteiger partial charge in [-0.2, -0.15) is 0 Å². The van der Waals surface area contributed by atoms with Crippen molar-refractivity contribution in [3.63, 3.8) is 0 Å². The molecule has 0 aromatic heterocycles. The first-order valence-electron chi connectivity index (χ1n) is 9.54. The van der Waals surface area contributed by atoms with E-state index in [0.29, 0.717) is 0 Å². The van der Waals surface area contributed by atoms with Gasteiger partial charge in [-0.05, 0) is 74.2 Å². The van der Waals surface area contributed by atoms with Crippen molar-refractivity contribution in [2.75, 3.05) is 0 Å². The summed E-state index contributed by atoms with van der Waals surface area (Å²) in [6.07, 6.45) is 2.93. The minimum atomic E-state index is -1.70. The van der Waals surface area contributed by atoms with Gasteiger partial charge in [-0.25, -0.2) is 0 Å². The molecule has 0 atom stereocenters. The SMILES string of the molecule is CC(C)(C)CC(C)(C)c1ccc(O[Si](C)(C)C)c(C=NO[Si](C)(C)C)c1. The molecule has 0 amide bonds. The molecule has 0 unspecified atom stereocenters. The lowest BCUT2D eigenvalue weighted by Gasteiger charge is -2.33. The van der Waals surface area contributed by atoms with E-state index in [1.165, 1.54) is 5.56 Å². The smallest absolute Gasteiger partial charge is 0.278 e. The highest BCUT2D eigenvalue weighted by atomic mass is 28.4. The van der Waals surface area contributed by atoms with Crippen molar-refractivity contribution in [1.82, 2.24) is 0 Å². The van der Waals surface area contributed by atoms with Crippen LogP contribution in [0.25, 0.3) is 0 Å². The Balaban J connectivity index is 3.27. The lowest BCUT2D eigenvalue weighted by molar-refractivity contribution is 0.284. The Hall–Kier alpha value is -1.08. The number of nitrogens with zero attached hydrogens (tertiary/aromatic N) is 1. The fourth-order valence-electron chi connectivity index (χ4n) is 3.16. The maximum atomic E-state index is 6.29. The molecule has 1 aromatic rings. The summed E-state index contributed by atoms with van der Waals surface area (Å²) in [6.45, 7) is 24.5. The van der Waals surface area contributed by atoms with E-state index in [2.05, 4.69) is 97.3 Å². The topological polar surface area (TPSA) is 30.8 Å². The lowest BCUT2D eigenvalue weighted by Crippen LogP contribution is -2.30. The largest absolute Gasteiger partial charge is 0.544 e. The van der Waals surface area contributed by atoms with Gasteiger partial charge in [0, 0.05) is 5.56 Å². The van der Waals surface area contributed by atoms with E-state index >= 15 is 0 Å². The molecular weight excluding hydrogens is 354 g/mol. The molecular formula is C21H39NO2Si2. The molecule has 0 aliphatic rings. The number of oxime groups is 1. The van der Waals surface area contributed by atoms with Crippen LogP contribution in [0.3, 0.4) is 0 Å². The number of hydrogen-bond donors (Lipinski definition) is 0. The Morgan fingerprint density at radius 1 is 0.923 bits per heavy atom. The molecule has 0 aliphatic heterocycles. The molecule has 0 spiro atoms. The third-order valence-corrected chi connectivity index (χ3v) is 5.18. The van der Waals surface area contributed by atoms with E-state index < -0.39 is 16.6 Å². The molecule has 3 nitrogen and oxygen atoms in total. The van der Waals surface area contributed by atoms with Crippen LogP contribution in [0.5, 0.6) is 5.75 Å². The van der Waals surface area contributed by atoms with Gasteiger partial charge in [-0.15, -0.1) is 5.16 Å². The number of rotatable bonds is 7. The van der Waals surface area contributed by atoms with Crippen molar-refractivity contribution in [1.29, 1.82) is 0 Å². The zero-order valence-electron chi connectivity index (χ0n) is 18.8. The third kappa shape index (κ3) is 8.54. The van der Waals surface area contributed by atoms with Crippen LogP contribution in [0, 0.1) is 5.41 Å². The van der Waals surface area contributed by atoms with Gasteiger partial charge in [0.1, 0.15) is 5.75 Å². The van der Waals surface area contributed by atoms with Crippen LogP contribution in [0.4, 0.5) is 0 Å². The summed E-state index contributed by atoms with van der Waals surface area (Å²) in [6, 6.07) is 6.53. The third-order valence-electron chi connectivity index (χ3n) is 3.70. The zero-order chi connectivity index (χ0) is 20.4. The Morgan fingerprint density at radius 2 is 1.50 bits per heavy atom. The molecule has 0 bridgehead atoms. The van der Waals surface area contributed by atoms with E-state index in [4.69, 9.17) is 8.95 Å². The summed E-state index contributed by atoms with van der Waals surface area (Å²) in [7, 11) is -3.39. The van der Waals surface area contributed by atoms with Gasteiger partial charge in [-0.1, -0.05) is 40.7 Å². The predicted octanol–water partition coefficient (Wildman–Crippen LogP) is 6.80. The Morgan fingerprint density at radius 3 is 1.96 bits per heavy atom. The van der Waals surface area contributed by atoms with Crippen molar-refractivity contribution >= 4 is 22.8 Å². The van der Waals surface area contributed by atoms with Gasteiger partial charge >= 0.3 is 0 Å². The van der Waals surface area contributed by atoms with Gasteiger partial charge in [0.25, 0.3) is 8.32 Å². The van der Waals surface area contributed by atoms with Crippen molar-refractivity contribution in [3.05, 3.63) is 29.3 Å². The van der Waals surface area contributed by atoms with E-state index in [1.54, 1.807) is 0 Å². The maximum absolute atomic E-state index is 6.29. The van der Waals surface area contributed by atoms with Crippen LogP contribution in [0.2, 0.25) is 39.3 Å². The molecule has 5 heteroatoms. The first-order valence-corrected chi connectivity index (χ1v) is 16.4. The zero-order valence-corrected chi connectivity index (χ0v) is 20.8. The van der Waals surface area contributed by atoms with E-state index in [9.17, 15) is 0 Å². The lowest BCUT2D eigenvalue weighted by atomic mass is 9.72. The van der Waals surface area contributed by atoms with Crippen LogP contribution >= 0.6 is 0 Å². The number of benzene rings is 1. The summed E-state index contributed by atoms with van der Waals surface area (Å²) in [5, 5.41) is 4.27. The second kappa shape index (κ2) is 7.89. The van der Waals surface area contributed by atoms with Crippen LogP contribution in [0.1, 0.15) is 52.2 Å². The molecule has 0 fully saturated rings. The highest BCUT2D eigenvalue weighted by molar-refractivity contribution is 6.70. The predicted molar refractivity (Wildman–Crippen MR) is 120 cm³/mol. The molecule has 0 radical (unpaired) electrons. The molecule has 0 saturated heterocycles. The van der Waals surface area contributed by atoms with Crippen LogP contribution < -0.4 is 4.43 Å². The average molecular weight is 394 g/mol. The molecule has 1 aromatic carbocycles. The van der Waals surface area contributed by atoms with E-state index in [0.717, 1.165) is 17.7 Å². The van der Waals surface area contributed by atoms with Gasteiger partial charge in [-0.3, -0.25) is 0 Å². The summed E-state index contributed by atoms with van der Waals surface area (Å²) >= 11 is 0. The Bertz CT molecular complexity index is 633. The molecule has 26 heavy (non-hydrogen) atoms. The van der Waals surface area contributed by atoms with Crippen molar-refractivity contribution in [2.24, 2.45) is 10.6 Å². The summed E-state index contributed by atoms with van der Waals surface area (Å²) in [5.41, 5.74) is 2.67. The standard InChI is InChI=1S/C21H39NO2Si2/c1-20(2,3)16-21(4,5)18-12-13-19(23-25(6,7)8)17(14-18)15-22-24-26(9,10)11/h12-15H,16H2,1-11H3. The average Bonchev–Trinajstić information content (AvgIpc) is 2.34. The quantitative estimate of drug-likeness (QED) is 0.290. The maximum Gasteiger partial charge on any atom is 0.278 e. The van der Waals surface area contributed by atoms with Crippen LogP contribution in [-0.4, -0.2) is 22.8 Å². The molecule has 0 saturated carbocycles. The fourth-order valence-corrected chi connectivity index (χ4v) is 4.38. The van der Waals surface area contributed by atoms with Crippen molar-refractivity contribution < 1.29 is 8.95 Å². The monoisotopic (exact) mass is 393 g/mol. The van der Waals surface area contributed by atoms with Gasteiger partial charge in [0.15, 0.2) is 0 Å². The highest BCUT2D eigenvalue weighted by Crippen LogP contribution is 2.37. The first kappa shape index (κ1) is 23.0. The second-order valence-corrected chi connectivity index (χ2v) is 19.9. The second-order valence-electron chi connectivity index (χ2n) is 11.0. The van der Waals surface area contributed by atoms with Crippen molar-refractivity contribution in [2.45, 2.75) is 85.7 Å². The molecule has 0 aliphatic carbocycles.